The summed E-state index contributed by atoms with van der Waals surface area (Å²) in [5.74, 6) is -1.27. The molecule has 0 aliphatic carbocycles. The number of carbonyl (C=O) groups excluding carboxylic acids is 1. The van der Waals surface area contributed by atoms with Gasteiger partial charge in [0.25, 0.3) is 5.69 Å². The number of rotatable bonds is 13. The van der Waals surface area contributed by atoms with E-state index in [9.17, 15) is 24.8 Å². The number of nitrogens with zero attached hydrogens (tertiary/aromatic N) is 3. The number of amides is 1. The summed E-state index contributed by atoms with van der Waals surface area (Å²) in [6.07, 6.45) is -1.23. The van der Waals surface area contributed by atoms with Crippen LogP contribution in [0.15, 0.2) is 97.1 Å². The minimum absolute atomic E-state index is 0.0295. The Morgan fingerprint density at radius 3 is 2.19 bits per heavy atom. The summed E-state index contributed by atoms with van der Waals surface area (Å²) in [6.45, 7) is 6.39. The van der Waals surface area contributed by atoms with E-state index in [4.69, 9.17) is 14.6 Å². The number of hydrogen-bond acceptors (Lipinski definition) is 9. The van der Waals surface area contributed by atoms with Crippen molar-refractivity contribution in [3.05, 3.63) is 129 Å². The van der Waals surface area contributed by atoms with Crippen molar-refractivity contribution in [2.75, 3.05) is 37.6 Å². The molecule has 0 spiro atoms. The summed E-state index contributed by atoms with van der Waals surface area (Å²) in [7, 11) is 0. The van der Waals surface area contributed by atoms with Gasteiger partial charge in [-0.2, -0.15) is 0 Å². The fourth-order valence-electron chi connectivity index (χ4n) is 6.76. The van der Waals surface area contributed by atoms with Crippen LogP contribution in [0.25, 0.3) is 11.1 Å². The lowest BCUT2D eigenvalue weighted by atomic mass is 9.89. The summed E-state index contributed by atoms with van der Waals surface area (Å²) in [6, 6.07) is 30.5. The summed E-state index contributed by atoms with van der Waals surface area (Å²) in [5, 5.41) is 32.3. The van der Waals surface area contributed by atoms with Crippen molar-refractivity contribution < 1.29 is 34.2 Å². The third kappa shape index (κ3) is 9.20. The van der Waals surface area contributed by atoms with Crippen LogP contribution in [-0.2, 0) is 32.2 Å². The molecular weight excluding hydrogens is 664 g/mol. The maximum absolute atomic E-state index is 12.0. The predicted octanol–water partition coefficient (Wildman–Crippen LogP) is 5.85. The zero-order valence-corrected chi connectivity index (χ0v) is 29.1. The number of non-ortho nitro benzene ring substituents is 1. The number of hydrogen-bond donors (Lipinski definition) is 3. The SMILES string of the molecule is C[C@H]1[C@@H](CN2CCN(c3ccc([N+](=O)[O-])cc3)CC2)O[C@@H](c2ccc(-c3cccc(CNC(=O)CCC(=O)O)c3)cc2)O[C@H]1c1ccc(CO)cc1. The number of aliphatic hydroxyl groups is 1. The molecule has 2 heterocycles. The van der Waals surface area contributed by atoms with E-state index < -0.39 is 12.3 Å². The smallest absolute Gasteiger partial charge is 0.303 e. The standard InChI is InChI=1S/C40H44N4O8/c1-27-36(25-42-19-21-43(22-20-42)34-13-15-35(16-14-34)44(49)50)51-40(52-39(27)31-7-5-28(26-45)6-8-31)32-11-9-30(10-12-32)33-4-2-3-29(23-33)24-41-37(46)17-18-38(47)48/h2-16,23,27,36,39-40,45H,17-22,24-26H2,1H3,(H,41,46)(H,47,48)/t27-,36+,39+,40+/m0/s1. The van der Waals surface area contributed by atoms with E-state index in [-0.39, 0.29) is 54.1 Å². The molecule has 4 aromatic rings. The first-order valence-electron chi connectivity index (χ1n) is 17.6. The fourth-order valence-corrected chi connectivity index (χ4v) is 6.76. The highest BCUT2D eigenvalue weighted by molar-refractivity contribution is 5.80. The molecule has 0 aromatic heterocycles. The monoisotopic (exact) mass is 708 g/mol. The lowest BCUT2D eigenvalue weighted by Crippen LogP contribution is -2.51. The molecule has 2 aliphatic heterocycles. The summed E-state index contributed by atoms with van der Waals surface area (Å²) in [5.41, 5.74) is 6.69. The molecular formula is C40H44N4O8. The normalized spacial score (nSPS) is 20.7. The van der Waals surface area contributed by atoms with Crippen LogP contribution in [0, 0.1) is 16.0 Å². The molecule has 0 radical (unpaired) electrons. The maximum Gasteiger partial charge on any atom is 0.303 e. The molecule has 0 saturated carbocycles. The van der Waals surface area contributed by atoms with E-state index in [0.717, 1.165) is 71.8 Å². The second-order valence-electron chi connectivity index (χ2n) is 13.4. The van der Waals surface area contributed by atoms with Gasteiger partial charge in [-0.15, -0.1) is 0 Å². The van der Waals surface area contributed by atoms with Crippen molar-refractivity contribution in [2.24, 2.45) is 5.92 Å². The third-order valence-electron chi connectivity index (χ3n) is 9.86. The van der Waals surface area contributed by atoms with Crippen LogP contribution in [0.5, 0.6) is 0 Å². The van der Waals surface area contributed by atoms with Gasteiger partial charge in [0.05, 0.1) is 30.2 Å². The number of ether oxygens (including phenoxy) is 2. The Bertz CT molecular complexity index is 1830. The quantitative estimate of drug-likeness (QED) is 0.114. The molecule has 0 bridgehead atoms. The highest BCUT2D eigenvalue weighted by Gasteiger charge is 2.39. The number of benzene rings is 4. The number of carboxylic acid groups (broad SMARTS) is 1. The van der Waals surface area contributed by atoms with E-state index in [1.807, 2.05) is 84.9 Å². The molecule has 4 aromatic carbocycles. The molecule has 12 nitrogen and oxygen atoms in total. The van der Waals surface area contributed by atoms with Gasteiger partial charge in [0.1, 0.15) is 0 Å². The van der Waals surface area contributed by atoms with Gasteiger partial charge in [0.15, 0.2) is 6.29 Å². The lowest BCUT2D eigenvalue weighted by molar-refractivity contribution is -0.384. The number of nitrogens with one attached hydrogen (secondary N) is 1. The fraction of sp³-hybridized carbons (Fsp3) is 0.350. The number of nitro benzene ring substituents is 1. The van der Waals surface area contributed by atoms with Crippen LogP contribution >= 0.6 is 0 Å². The topological polar surface area (TPSA) is 155 Å². The Morgan fingerprint density at radius 1 is 0.846 bits per heavy atom. The van der Waals surface area contributed by atoms with Crippen molar-refractivity contribution in [3.8, 4) is 11.1 Å². The summed E-state index contributed by atoms with van der Waals surface area (Å²) in [4.78, 5) is 38.2. The number of piperazine rings is 1. The van der Waals surface area contributed by atoms with E-state index in [0.29, 0.717) is 6.54 Å². The molecule has 2 saturated heterocycles. The van der Waals surface area contributed by atoms with Gasteiger partial charge >= 0.3 is 5.97 Å². The van der Waals surface area contributed by atoms with Gasteiger partial charge in [0.2, 0.25) is 5.91 Å². The van der Waals surface area contributed by atoms with Crippen LogP contribution in [0.2, 0.25) is 0 Å². The van der Waals surface area contributed by atoms with Crippen molar-refractivity contribution in [1.82, 2.24) is 10.2 Å². The molecule has 2 fully saturated rings. The predicted molar refractivity (Wildman–Crippen MR) is 195 cm³/mol. The Hall–Kier alpha value is -5.14. The highest BCUT2D eigenvalue weighted by Crippen LogP contribution is 2.42. The molecule has 4 atom stereocenters. The van der Waals surface area contributed by atoms with Gasteiger partial charge in [-0.3, -0.25) is 24.6 Å². The number of nitro groups is 1. The second-order valence-corrected chi connectivity index (χ2v) is 13.4. The molecule has 272 valence electrons. The van der Waals surface area contributed by atoms with Gasteiger partial charge in [0, 0.05) is 75.0 Å². The Labute approximate surface area is 302 Å². The largest absolute Gasteiger partial charge is 0.481 e. The van der Waals surface area contributed by atoms with E-state index in [1.54, 1.807) is 12.1 Å². The van der Waals surface area contributed by atoms with E-state index >= 15 is 0 Å². The van der Waals surface area contributed by atoms with Gasteiger partial charge in [-0.25, -0.2) is 0 Å². The highest BCUT2D eigenvalue weighted by atomic mass is 16.7. The number of carboxylic acids is 1. The maximum atomic E-state index is 12.0. The van der Waals surface area contributed by atoms with Crippen LogP contribution in [0.3, 0.4) is 0 Å². The molecule has 2 aliphatic rings. The number of aliphatic carboxylic acids is 1. The molecule has 1 amide bonds. The Kier molecular flexibility index (Phi) is 11.9. The van der Waals surface area contributed by atoms with Crippen molar-refractivity contribution in [2.45, 2.75) is 51.4 Å². The zero-order valence-electron chi connectivity index (χ0n) is 29.1. The molecule has 0 unspecified atom stereocenters. The molecule has 3 N–H and O–H groups in total. The minimum Gasteiger partial charge on any atom is -0.481 e. The Morgan fingerprint density at radius 2 is 1.54 bits per heavy atom. The first-order chi connectivity index (χ1) is 25.2. The van der Waals surface area contributed by atoms with E-state index in [2.05, 4.69) is 22.0 Å². The van der Waals surface area contributed by atoms with Crippen molar-refractivity contribution >= 4 is 23.3 Å². The average molecular weight is 709 g/mol. The van der Waals surface area contributed by atoms with Crippen molar-refractivity contribution in [3.63, 3.8) is 0 Å². The number of carbonyl (C=O) groups is 2. The van der Waals surface area contributed by atoms with Gasteiger partial charge in [-0.05, 0) is 46.0 Å². The zero-order chi connectivity index (χ0) is 36.6. The summed E-state index contributed by atoms with van der Waals surface area (Å²) >= 11 is 0. The van der Waals surface area contributed by atoms with Crippen LogP contribution in [-0.4, -0.2) is 70.7 Å². The third-order valence-corrected chi connectivity index (χ3v) is 9.86. The number of aliphatic hydroxyl groups excluding tert-OH is 1. The van der Waals surface area contributed by atoms with Crippen molar-refractivity contribution in [1.29, 1.82) is 0 Å². The number of anilines is 1. The van der Waals surface area contributed by atoms with Gasteiger partial charge < -0.3 is 29.9 Å². The first kappa shape index (κ1) is 36.6. The van der Waals surface area contributed by atoms with Crippen LogP contribution < -0.4 is 10.2 Å². The molecule has 6 rings (SSSR count). The first-order valence-corrected chi connectivity index (χ1v) is 17.6. The Balaban J connectivity index is 1.14. The second kappa shape index (κ2) is 16.9. The van der Waals surface area contributed by atoms with Gasteiger partial charge in [-0.1, -0.05) is 73.7 Å². The summed E-state index contributed by atoms with van der Waals surface area (Å²) < 4.78 is 13.4. The van der Waals surface area contributed by atoms with Crippen LogP contribution in [0.1, 0.15) is 54.4 Å². The average Bonchev–Trinajstić information content (AvgIpc) is 3.17. The molecule has 52 heavy (non-hydrogen) atoms. The molecule has 12 heteroatoms. The van der Waals surface area contributed by atoms with Crippen LogP contribution in [0.4, 0.5) is 11.4 Å². The minimum atomic E-state index is -1.00. The van der Waals surface area contributed by atoms with E-state index in [1.165, 1.54) is 0 Å². The lowest BCUT2D eigenvalue weighted by Gasteiger charge is -2.44.